The van der Waals surface area contributed by atoms with E-state index in [4.69, 9.17) is 0 Å². The van der Waals surface area contributed by atoms with E-state index in [1.807, 2.05) is 11.3 Å². The van der Waals surface area contributed by atoms with Gasteiger partial charge in [0.15, 0.2) is 0 Å². The third-order valence-corrected chi connectivity index (χ3v) is 4.43. The number of fused-ring (bicyclic) bond motifs is 1. The Morgan fingerprint density at radius 2 is 2.00 bits per heavy atom. The minimum atomic E-state index is 1.15. The molecule has 1 aromatic rings. The van der Waals surface area contributed by atoms with E-state index in [9.17, 15) is 0 Å². The van der Waals surface area contributed by atoms with Crippen molar-refractivity contribution < 1.29 is 0 Å². The van der Waals surface area contributed by atoms with Gasteiger partial charge in [0.05, 0.1) is 0 Å². The van der Waals surface area contributed by atoms with Crippen LogP contribution in [0.5, 0.6) is 0 Å². The Hall–Kier alpha value is -0.890. The smallest absolute Gasteiger partial charge is 0.0490 e. The van der Waals surface area contributed by atoms with Crippen LogP contribution in [0.4, 0.5) is 0 Å². The zero-order chi connectivity index (χ0) is 11.5. The molecule has 0 unspecified atom stereocenters. The van der Waals surface area contributed by atoms with Crippen LogP contribution in [0.15, 0.2) is 16.8 Å². The topological polar surface area (TPSA) is 12.4 Å². The summed E-state index contributed by atoms with van der Waals surface area (Å²) in [6.45, 7) is 6.54. The van der Waals surface area contributed by atoms with Crippen LogP contribution in [-0.4, -0.2) is 6.21 Å². The molecular formula is C14H19NS. The molecule has 0 bridgehead atoms. The summed E-state index contributed by atoms with van der Waals surface area (Å²) in [4.78, 5) is 7.33. The fraction of sp³-hybridized carbons (Fsp3) is 0.500. The van der Waals surface area contributed by atoms with Gasteiger partial charge in [-0.05, 0) is 57.6 Å². The van der Waals surface area contributed by atoms with Crippen LogP contribution >= 0.6 is 11.3 Å². The number of hydrogen-bond acceptors (Lipinski definition) is 2. The Bertz CT molecular complexity index is 438. The zero-order valence-corrected chi connectivity index (χ0v) is 11.2. The number of allylic oxidation sites excluding steroid dienone is 2. The third-order valence-electron chi connectivity index (χ3n) is 3.25. The molecule has 2 heteroatoms. The fourth-order valence-corrected chi connectivity index (χ4v) is 3.18. The molecule has 0 fully saturated rings. The van der Waals surface area contributed by atoms with Crippen LogP contribution in [0.25, 0.3) is 0 Å². The zero-order valence-electron chi connectivity index (χ0n) is 10.3. The minimum Gasteiger partial charge on any atom is -0.260 e. The molecule has 2 rings (SSSR count). The van der Waals surface area contributed by atoms with E-state index in [2.05, 4.69) is 38.1 Å². The van der Waals surface area contributed by atoms with E-state index in [1.165, 1.54) is 46.6 Å². The van der Waals surface area contributed by atoms with Crippen LogP contribution in [-0.2, 0) is 6.42 Å². The first-order chi connectivity index (χ1) is 7.68. The third kappa shape index (κ3) is 2.43. The molecule has 0 atom stereocenters. The van der Waals surface area contributed by atoms with Gasteiger partial charge in [0.1, 0.15) is 0 Å². The first kappa shape index (κ1) is 11.6. The fourth-order valence-electron chi connectivity index (χ4n) is 2.09. The molecule has 1 nitrogen and oxygen atoms in total. The number of rotatable bonds is 0. The van der Waals surface area contributed by atoms with E-state index < -0.39 is 0 Å². The molecule has 0 saturated heterocycles. The van der Waals surface area contributed by atoms with Gasteiger partial charge >= 0.3 is 0 Å². The van der Waals surface area contributed by atoms with Crippen LogP contribution in [0, 0.1) is 13.8 Å². The lowest BCUT2D eigenvalue weighted by Gasteiger charge is -2.04. The standard InChI is InChI=1S/C14H19NS/c1-10-7-5-4-6-8-13-11(2)12(3)16-14(13)9-15-10/h7,9H,4-6,8H2,1-3H3. The average molecular weight is 233 g/mol. The van der Waals surface area contributed by atoms with E-state index >= 15 is 0 Å². The number of nitrogens with zero attached hydrogens (tertiary/aromatic N) is 1. The monoisotopic (exact) mass is 233 g/mol. The molecule has 1 aromatic heterocycles. The Labute approximate surface area is 102 Å². The van der Waals surface area contributed by atoms with E-state index in [0.29, 0.717) is 0 Å². The van der Waals surface area contributed by atoms with Gasteiger partial charge in [-0.2, -0.15) is 0 Å². The van der Waals surface area contributed by atoms with Crippen molar-refractivity contribution in [3.8, 4) is 0 Å². The molecular weight excluding hydrogens is 214 g/mol. The van der Waals surface area contributed by atoms with E-state index in [-0.39, 0.29) is 0 Å². The minimum absolute atomic E-state index is 1.15. The first-order valence-corrected chi connectivity index (χ1v) is 6.80. The first-order valence-electron chi connectivity index (χ1n) is 5.98. The second kappa shape index (κ2) is 4.96. The van der Waals surface area contributed by atoms with Crippen molar-refractivity contribution in [3.05, 3.63) is 32.7 Å². The van der Waals surface area contributed by atoms with Crippen molar-refractivity contribution in [2.24, 2.45) is 4.99 Å². The Kier molecular flexibility index (Phi) is 3.59. The normalized spacial score (nSPS) is 16.8. The summed E-state index contributed by atoms with van der Waals surface area (Å²) in [5.41, 5.74) is 4.16. The van der Waals surface area contributed by atoms with E-state index in [1.54, 1.807) is 0 Å². The molecule has 2 heterocycles. The second-order valence-electron chi connectivity index (χ2n) is 4.48. The van der Waals surface area contributed by atoms with Crippen molar-refractivity contribution in [2.75, 3.05) is 0 Å². The van der Waals surface area contributed by atoms with Crippen LogP contribution in [0.1, 0.15) is 47.1 Å². The molecule has 0 spiro atoms. The lowest BCUT2D eigenvalue weighted by molar-refractivity contribution is 0.742. The Balaban J connectivity index is 2.40. The number of aryl methyl sites for hydroxylation is 1. The lowest BCUT2D eigenvalue weighted by atomic mass is 10.0. The second-order valence-corrected chi connectivity index (χ2v) is 5.73. The summed E-state index contributed by atoms with van der Waals surface area (Å²) < 4.78 is 0. The highest BCUT2D eigenvalue weighted by Gasteiger charge is 2.11. The molecule has 0 radical (unpaired) electrons. The van der Waals surface area contributed by atoms with Crippen molar-refractivity contribution >= 4 is 17.6 Å². The number of aliphatic imine (C=N–C) groups is 1. The largest absolute Gasteiger partial charge is 0.260 e. The predicted octanol–water partition coefficient (Wildman–Crippen LogP) is 4.41. The van der Waals surface area contributed by atoms with Crippen LogP contribution in [0.3, 0.4) is 0 Å². The molecule has 1 aliphatic rings. The van der Waals surface area contributed by atoms with Gasteiger partial charge in [0, 0.05) is 21.7 Å². The van der Waals surface area contributed by atoms with Gasteiger partial charge in [-0.15, -0.1) is 11.3 Å². The molecule has 1 aliphatic heterocycles. The van der Waals surface area contributed by atoms with E-state index in [0.717, 1.165) is 5.70 Å². The van der Waals surface area contributed by atoms with Crippen molar-refractivity contribution in [1.29, 1.82) is 0 Å². The van der Waals surface area contributed by atoms with Gasteiger partial charge in [0.2, 0.25) is 0 Å². The molecule has 0 amide bonds. The quantitative estimate of drug-likeness (QED) is 0.629. The molecule has 0 saturated carbocycles. The summed E-state index contributed by atoms with van der Waals surface area (Å²) in [6, 6.07) is 0. The maximum atomic E-state index is 4.53. The molecule has 16 heavy (non-hydrogen) atoms. The Morgan fingerprint density at radius 3 is 2.81 bits per heavy atom. The summed E-state index contributed by atoms with van der Waals surface area (Å²) in [7, 11) is 0. The molecule has 86 valence electrons. The van der Waals surface area contributed by atoms with Crippen LogP contribution in [0.2, 0.25) is 0 Å². The van der Waals surface area contributed by atoms with Gasteiger partial charge < -0.3 is 0 Å². The van der Waals surface area contributed by atoms with Gasteiger partial charge in [-0.25, -0.2) is 0 Å². The summed E-state index contributed by atoms with van der Waals surface area (Å²) in [6.07, 6.45) is 9.25. The summed E-state index contributed by atoms with van der Waals surface area (Å²) in [5, 5.41) is 0. The van der Waals surface area contributed by atoms with Crippen molar-refractivity contribution in [2.45, 2.75) is 46.5 Å². The highest BCUT2D eigenvalue weighted by Crippen LogP contribution is 2.28. The lowest BCUT2D eigenvalue weighted by Crippen LogP contribution is -1.93. The maximum absolute atomic E-state index is 4.53. The maximum Gasteiger partial charge on any atom is 0.0490 e. The highest BCUT2D eigenvalue weighted by atomic mass is 32.1. The highest BCUT2D eigenvalue weighted by molar-refractivity contribution is 7.14. The number of hydrogen-bond donors (Lipinski definition) is 0. The van der Waals surface area contributed by atoms with Gasteiger partial charge in [-0.1, -0.05) is 6.08 Å². The molecule has 0 aromatic carbocycles. The van der Waals surface area contributed by atoms with Crippen molar-refractivity contribution in [1.82, 2.24) is 0 Å². The Morgan fingerprint density at radius 1 is 1.19 bits per heavy atom. The molecule has 0 aliphatic carbocycles. The SMILES string of the molecule is CC1=CCCCCc2c(sc(C)c2C)C=N1. The summed E-state index contributed by atoms with van der Waals surface area (Å²) in [5.74, 6) is 0. The summed E-state index contributed by atoms with van der Waals surface area (Å²) >= 11 is 1.88. The average Bonchev–Trinajstić information content (AvgIpc) is 2.53. The van der Waals surface area contributed by atoms with Gasteiger partial charge in [-0.3, -0.25) is 4.99 Å². The predicted molar refractivity (Wildman–Crippen MR) is 72.7 cm³/mol. The van der Waals surface area contributed by atoms with Crippen LogP contribution < -0.4 is 0 Å². The van der Waals surface area contributed by atoms with Crippen molar-refractivity contribution in [3.63, 3.8) is 0 Å². The van der Waals surface area contributed by atoms with Gasteiger partial charge in [0.25, 0.3) is 0 Å². The number of thiophene rings is 1. The molecule has 0 N–H and O–H groups in total.